The molecule has 0 unspecified atom stereocenters. The van der Waals surface area contributed by atoms with Crippen LogP contribution in [0.5, 0.6) is 0 Å². The van der Waals surface area contributed by atoms with Gasteiger partial charge in [-0.3, -0.25) is 0 Å². The maximum Gasteiger partial charge on any atom is 0.106 e. The molecule has 61 valence electrons. The van der Waals surface area contributed by atoms with Gasteiger partial charge in [0.25, 0.3) is 0 Å². The van der Waals surface area contributed by atoms with E-state index in [1.165, 1.54) is 0 Å². The Bertz CT molecular complexity index is 53.0. The van der Waals surface area contributed by atoms with Gasteiger partial charge in [0.1, 0.15) is 6.61 Å². The van der Waals surface area contributed by atoms with Crippen LogP contribution in [0.15, 0.2) is 0 Å². The monoisotopic (exact) mass is 211 g/mol. The maximum absolute atomic E-state index is 9.85. The molecule has 0 aliphatic heterocycles. The SMILES string of the molecule is [O]CCOCCOCCBr. The molecule has 0 rings (SSSR count). The standard InChI is InChI=1S/C6H12BrO3/c7-1-3-9-5-6-10-4-2-8/h1-6H2. The summed E-state index contributed by atoms with van der Waals surface area (Å²) in [5.74, 6) is 0. The summed E-state index contributed by atoms with van der Waals surface area (Å²) in [7, 11) is 0. The summed E-state index contributed by atoms with van der Waals surface area (Å²) in [5.41, 5.74) is 0. The second-order valence-corrected chi connectivity index (χ2v) is 2.41. The summed E-state index contributed by atoms with van der Waals surface area (Å²) in [6.07, 6.45) is 0. The molecule has 0 bridgehead atoms. The molecule has 0 saturated carbocycles. The lowest BCUT2D eigenvalue weighted by Crippen LogP contribution is -2.07. The van der Waals surface area contributed by atoms with Crippen LogP contribution in [0.4, 0.5) is 0 Å². The van der Waals surface area contributed by atoms with E-state index in [9.17, 15) is 5.11 Å². The smallest absolute Gasteiger partial charge is 0.106 e. The Hall–Kier alpha value is 0.360. The van der Waals surface area contributed by atoms with Crippen molar-refractivity contribution < 1.29 is 14.6 Å². The second-order valence-electron chi connectivity index (χ2n) is 1.62. The highest BCUT2D eigenvalue weighted by Crippen LogP contribution is 1.82. The highest BCUT2D eigenvalue weighted by Gasteiger charge is 1.87. The van der Waals surface area contributed by atoms with Gasteiger partial charge in [0.05, 0.1) is 26.4 Å². The largest absolute Gasteiger partial charge is 0.378 e. The molecule has 1 radical (unpaired) electrons. The Labute approximate surface area is 69.5 Å². The van der Waals surface area contributed by atoms with Crippen molar-refractivity contribution in [3.8, 4) is 0 Å². The summed E-state index contributed by atoms with van der Waals surface area (Å²) in [6, 6.07) is 0. The molecule has 0 atom stereocenters. The molecule has 3 nitrogen and oxygen atoms in total. The van der Waals surface area contributed by atoms with Crippen molar-refractivity contribution in [3.05, 3.63) is 0 Å². The lowest BCUT2D eigenvalue weighted by atomic mass is 10.7. The van der Waals surface area contributed by atoms with Gasteiger partial charge in [-0.15, -0.1) is 0 Å². The summed E-state index contributed by atoms with van der Waals surface area (Å²) >= 11 is 3.22. The van der Waals surface area contributed by atoms with Gasteiger partial charge in [0, 0.05) is 5.33 Å². The van der Waals surface area contributed by atoms with Crippen LogP contribution in [0.2, 0.25) is 0 Å². The predicted molar refractivity (Wildman–Crippen MR) is 41.0 cm³/mol. The molecule has 0 aliphatic rings. The third-order valence-electron chi connectivity index (χ3n) is 0.821. The molecule has 0 aromatic rings. The minimum absolute atomic E-state index is 0.168. The zero-order valence-electron chi connectivity index (χ0n) is 5.85. The lowest BCUT2D eigenvalue weighted by Gasteiger charge is -2.01. The fraction of sp³-hybridized carbons (Fsp3) is 1.00. The first-order valence-corrected chi connectivity index (χ1v) is 4.33. The van der Waals surface area contributed by atoms with E-state index < -0.39 is 0 Å². The molecule has 0 saturated heterocycles. The van der Waals surface area contributed by atoms with Gasteiger partial charge in [-0.2, -0.15) is 0 Å². The molecule has 0 N–H and O–H groups in total. The number of alkyl halides is 1. The maximum atomic E-state index is 9.85. The van der Waals surface area contributed by atoms with E-state index in [4.69, 9.17) is 9.47 Å². The van der Waals surface area contributed by atoms with E-state index in [2.05, 4.69) is 15.9 Å². The fourth-order valence-corrected chi connectivity index (χ4v) is 0.664. The first-order chi connectivity index (χ1) is 4.91. The molecular weight excluding hydrogens is 200 g/mol. The van der Waals surface area contributed by atoms with Gasteiger partial charge >= 0.3 is 0 Å². The summed E-state index contributed by atoms with van der Waals surface area (Å²) < 4.78 is 9.93. The quantitative estimate of drug-likeness (QED) is 0.463. The summed E-state index contributed by atoms with van der Waals surface area (Å²) in [6.45, 7) is 1.91. The van der Waals surface area contributed by atoms with E-state index in [0.717, 1.165) is 5.33 Å². The fourth-order valence-electron chi connectivity index (χ4n) is 0.435. The number of ether oxygens (including phenoxy) is 2. The zero-order chi connectivity index (χ0) is 7.66. The Morgan fingerprint density at radius 1 is 1.00 bits per heavy atom. The topological polar surface area (TPSA) is 38.4 Å². The van der Waals surface area contributed by atoms with Crippen molar-refractivity contribution in [3.63, 3.8) is 0 Å². The van der Waals surface area contributed by atoms with Crippen molar-refractivity contribution in [2.24, 2.45) is 0 Å². The number of halogens is 1. The van der Waals surface area contributed by atoms with E-state index in [0.29, 0.717) is 19.8 Å². The van der Waals surface area contributed by atoms with Crippen LogP contribution in [0.3, 0.4) is 0 Å². The molecule has 4 heteroatoms. The minimum atomic E-state index is -0.168. The third-order valence-corrected chi connectivity index (χ3v) is 1.14. The van der Waals surface area contributed by atoms with Gasteiger partial charge in [-0.1, -0.05) is 15.9 Å². The van der Waals surface area contributed by atoms with Crippen molar-refractivity contribution in [2.75, 3.05) is 38.4 Å². The first kappa shape index (κ1) is 10.4. The van der Waals surface area contributed by atoms with E-state index in [1.807, 2.05) is 0 Å². The van der Waals surface area contributed by atoms with Crippen LogP contribution >= 0.6 is 15.9 Å². The van der Waals surface area contributed by atoms with Crippen molar-refractivity contribution in [1.82, 2.24) is 0 Å². The average Bonchev–Trinajstić information content (AvgIpc) is 1.97. The highest BCUT2D eigenvalue weighted by atomic mass is 79.9. The first-order valence-electron chi connectivity index (χ1n) is 3.21. The molecule has 0 spiro atoms. The summed E-state index contributed by atoms with van der Waals surface area (Å²) in [4.78, 5) is 0. The van der Waals surface area contributed by atoms with E-state index >= 15 is 0 Å². The van der Waals surface area contributed by atoms with Crippen LogP contribution in [0, 0.1) is 0 Å². The Morgan fingerprint density at radius 2 is 1.60 bits per heavy atom. The normalized spacial score (nSPS) is 10.2. The van der Waals surface area contributed by atoms with Crippen molar-refractivity contribution in [1.29, 1.82) is 0 Å². The van der Waals surface area contributed by atoms with Gasteiger partial charge in [0.15, 0.2) is 0 Å². The van der Waals surface area contributed by atoms with Crippen LogP contribution in [-0.4, -0.2) is 38.4 Å². The minimum Gasteiger partial charge on any atom is -0.378 e. The van der Waals surface area contributed by atoms with Crippen molar-refractivity contribution in [2.45, 2.75) is 0 Å². The molecular formula is C6H12BrO3. The third kappa shape index (κ3) is 8.36. The summed E-state index contributed by atoms with van der Waals surface area (Å²) in [5, 5.41) is 10.7. The molecule has 0 aromatic carbocycles. The van der Waals surface area contributed by atoms with Gasteiger partial charge in [0.2, 0.25) is 0 Å². The molecule has 0 aliphatic carbocycles. The Kier molecular flexibility index (Phi) is 9.70. The second kappa shape index (κ2) is 9.36. The van der Waals surface area contributed by atoms with Gasteiger partial charge in [-0.05, 0) is 0 Å². The Balaban J connectivity index is 2.65. The molecule has 0 aromatic heterocycles. The molecule has 0 heterocycles. The van der Waals surface area contributed by atoms with Gasteiger partial charge in [-0.25, -0.2) is 5.11 Å². The molecule has 10 heavy (non-hydrogen) atoms. The van der Waals surface area contributed by atoms with E-state index in [1.54, 1.807) is 0 Å². The molecule has 0 amide bonds. The lowest BCUT2D eigenvalue weighted by molar-refractivity contribution is 0.0247. The van der Waals surface area contributed by atoms with E-state index in [-0.39, 0.29) is 13.2 Å². The average molecular weight is 212 g/mol. The Morgan fingerprint density at radius 3 is 2.10 bits per heavy atom. The van der Waals surface area contributed by atoms with Crippen molar-refractivity contribution >= 4 is 15.9 Å². The van der Waals surface area contributed by atoms with Crippen LogP contribution in [0.25, 0.3) is 0 Å². The van der Waals surface area contributed by atoms with Crippen LogP contribution in [0.1, 0.15) is 0 Å². The predicted octanol–water partition coefficient (Wildman–Crippen LogP) is 0.845. The van der Waals surface area contributed by atoms with Crippen LogP contribution in [-0.2, 0) is 14.6 Å². The van der Waals surface area contributed by atoms with Gasteiger partial charge < -0.3 is 9.47 Å². The zero-order valence-corrected chi connectivity index (χ0v) is 7.43. The molecule has 0 fully saturated rings. The van der Waals surface area contributed by atoms with Crippen LogP contribution < -0.4 is 0 Å². The number of rotatable bonds is 7. The number of hydrogen-bond acceptors (Lipinski definition) is 2. The highest BCUT2D eigenvalue weighted by molar-refractivity contribution is 9.09. The number of hydrogen-bond donors (Lipinski definition) is 0.